The third kappa shape index (κ3) is 3.31. The standard InChI is InChI=1S/C16H24N2O2/c1-17-11-5-10-16(19)18-12-6-8-14(18)13-7-3-4-9-15(13)20-2/h3-4,7,9,14,17H,5-6,8,10-12H2,1-2H3. The molecule has 1 heterocycles. The van der Waals surface area contributed by atoms with Gasteiger partial charge >= 0.3 is 0 Å². The Morgan fingerprint density at radius 1 is 1.45 bits per heavy atom. The summed E-state index contributed by atoms with van der Waals surface area (Å²) in [4.78, 5) is 14.4. The summed E-state index contributed by atoms with van der Waals surface area (Å²) in [6, 6.07) is 8.20. The number of methoxy groups -OCH3 is 1. The molecule has 0 saturated carbocycles. The molecule has 4 heteroatoms. The number of amides is 1. The monoisotopic (exact) mass is 276 g/mol. The highest BCUT2D eigenvalue weighted by atomic mass is 16.5. The fraction of sp³-hybridized carbons (Fsp3) is 0.562. The summed E-state index contributed by atoms with van der Waals surface area (Å²) in [6.07, 6.45) is 3.61. The van der Waals surface area contributed by atoms with E-state index >= 15 is 0 Å². The molecule has 2 rings (SSSR count). The summed E-state index contributed by atoms with van der Waals surface area (Å²) < 4.78 is 5.44. The average Bonchev–Trinajstić information content (AvgIpc) is 2.96. The van der Waals surface area contributed by atoms with Crippen molar-refractivity contribution in [2.75, 3.05) is 27.2 Å². The number of carbonyl (C=O) groups excluding carboxylic acids is 1. The number of nitrogens with zero attached hydrogens (tertiary/aromatic N) is 1. The fourth-order valence-corrected chi connectivity index (χ4v) is 2.89. The van der Waals surface area contributed by atoms with Crippen molar-refractivity contribution in [2.24, 2.45) is 0 Å². The van der Waals surface area contributed by atoms with Crippen molar-refractivity contribution in [2.45, 2.75) is 31.7 Å². The van der Waals surface area contributed by atoms with E-state index in [1.807, 2.05) is 30.1 Å². The van der Waals surface area contributed by atoms with Gasteiger partial charge in [-0.15, -0.1) is 0 Å². The van der Waals surface area contributed by atoms with Crippen molar-refractivity contribution in [1.29, 1.82) is 0 Å². The van der Waals surface area contributed by atoms with Gasteiger partial charge in [0.25, 0.3) is 0 Å². The summed E-state index contributed by atoms with van der Waals surface area (Å²) in [6.45, 7) is 1.75. The molecule has 0 radical (unpaired) electrons. The van der Waals surface area contributed by atoms with Crippen molar-refractivity contribution in [3.63, 3.8) is 0 Å². The van der Waals surface area contributed by atoms with E-state index in [9.17, 15) is 4.79 Å². The van der Waals surface area contributed by atoms with Crippen LogP contribution in [0, 0.1) is 0 Å². The Morgan fingerprint density at radius 3 is 3.00 bits per heavy atom. The molecule has 4 nitrogen and oxygen atoms in total. The second kappa shape index (κ2) is 7.29. The van der Waals surface area contributed by atoms with Gasteiger partial charge in [0.2, 0.25) is 5.91 Å². The lowest BCUT2D eigenvalue weighted by Gasteiger charge is -2.26. The molecule has 1 unspecified atom stereocenters. The van der Waals surface area contributed by atoms with Crippen molar-refractivity contribution >= 4 is 5.91 Å². The van der Waals surface area contributed by atoms with Crippen LogP contribution in [0.5, 0.6) is 5.75 Å². The Labute approximate surface area is 121 Å². The van der Waals surface area contributed by atoms with E-state index in [0.29, 0.717) is 6.42 Å². The maximum atomic E-state index is 12.4. The minimum absolute atomic E-state index is 0.174. The van der Waals surface area contributed by atoms with Gasteiger partial charge in [0, 0.05) is 18.5 Å². The summed E-state index contributed by atoms with van der Waals surface area (Å²) in [5, 5.41) is 3.08. The van der Waals surface area contributed by atoms with Gasteiger partial charge < -0.3 is 15.0 Å². The molecule has 1 saturated heterocycles. The maximum Gasteiger partial charge on any atom is 0.223 e. The zero-order chi connectivity index (χ0) is 14.4. The van der Waals surface area contributed by atoms with Crippen LogP contribution in [0.3, 0.4) is 0 Å². The van der Waals surface area contributed by atoms with Gasteiger partial charge in [-0.1, -0.05) is 18.2 Å². The lowest BCUT2D eigenvalue weighted by molar-refractivity contribution is -0.132. The van der Waals surface area contributed by atoms with Crippen LogP contribution in [0.15, 0.2) is 24.3 Å². The normalized spacial score (nSPS) is 18.3. The van der Waals surface area contributed by atoms with Crippen LogP contribution < -0.4 is 10.1 Å². The molecule has 1 aliphatic rings. The lowest BCUT2D eigenvalue weighted by Crippen LogP contribution is -2.31. The first-order chi connectivity index (χ1) is 9.77. The summed E-state index contributed by atoms with van der Waals surface area (Å²) in [5.41, 5.74) is 1.13. The third-order valence-electron chi connectivity index (χ3n) is 3.89. The highest BCUT2D eigenvalue weighted by Crippen LogP contribution is 2.37. The van der Waals surface area contributed by atoms with E-state index in [1.165, 1.54) is 0 Å². The second-order valence-electron chi connectivity index (χ2n) is 5.19. The van der Waals surface area contributed by atoms with E-state index in [4.69, 9.17) is 4.74 Å². The van der Waals surface area contributed by atoms with Crippen molar-refractivity contribution in [1.82, 2.24) is 10.2 Å². The van der Waals surface area contributed by atoms with Crippen LogP contribution >= 0.6 is 0 Å². The molecule has 1 amide bonds. The minimum Gasteiger partial charge on any atom is -0.496 e. The highest BCUT2D eigenvalue weighted by Gasteiger charge is 2.31. The summed E-state index contributed by atoms with van der Waals surface area (Å²) >= 11 is 0. The Kier molecular flexibility index (Phi) is 5.41. The Hall–Kier alpha value is -1.55. The topological polar surface area (TPSA) is 41.6 Å². The molecular formula is C16H24N2O2. The first-order valence-corrected chi connectivity index (χ1v) is 7.35. The number of nitrogens with one attached hydrogen (secondary N) is 1. The van der Waals surface area contributed by atoms with E-state index in [0.717, 1.165) is 43.7 Å². The van der Waals surface area contributed by atoms with Crippen molar-refractivity contribution in [3.05, 3.63) is 29.8 Å². The molecule has 0 bridgehead atoms. The van der Waals surface area contributed by atoms with Crippen LogP contribution in [0.4, 0.5) is 0 Å². The van der Waals surface area contributed by atoms with Gasteiger partial charge in [0.1, 0.15) is 5.75 Å². The molecule has 0 spiro atoms. The molecule has 1 N–H and O–H groups in total. The number of rotatable bonds is 6. The van der Waals surface area contributed by atoms with Gasteiger partial charge in [-0.2, -0.15) is 0 Å². The second-order valence-corrected chi connectivity index (χ2v) is 5.19. The van der Waals surface area contributed by atoms with Crippen molar-refractivity contribution < 1.29 is 9.53 Å². The first-order valence-electron chi connectivity index (χ1n) is 7.35. The summed E-state index contributed by atoms with van der Waals surface area (Å²) in [7, 11) is 3.60. The van der Waals surface area contributed by atoms with Crippen molar-refractivity contribution in [3.8, 4) is 5.75 Å². The predicted molar refractivity (Wildman–Crippen MR) is 79.8 cm³/mol. The third-order valence-corrected chi connectivity index (χ3v) is 3.89. The van der Waals surface area contributed by atoms with Crippen LogP contribution in [-0.2, 0) is 4.79 Å². The Bertz CT molecular complexity index is 448. The van der Waals surface area contributed by atoms with E-state index in [-0.39, 0.29) is 11.9 Å². The zero-order valence-corrected chi connectivity index (χ0v) is 12.4. The molecular weight excluding hydrogens is 252 g/mol. The molecule has 0 aromatic heterocycles. The molecule has 1 aromatic carbocycles. The molecule has 1 atom stereocenters. The van der Waals surface area contributed by atoms with E-state index in [1.54, 1.807) is 7.11 Å². The SMILES string of the molecule is CNCCCC(=O)N1CCCC1c1ccccc1OC. The van der Waals surface area contributed by atoms with E-state index in [2.05, 4.69) is 11.4 Å². The molecule has 20 heavy (non-hydrogen) atoms. The highest BCUT2D eigenvalue weighted by molar-refractivity contribution is 5.77. The number of carbonyl (C=O) groups is 1. The minimum atomic E-state index is 0.174. The van der Waals surface area contributed by atoms with Crippen LogP contribution in [0.2, 0.25) is 0 Å². The molecule has 110 valence electrons. The Balaban J connectivity index is 2.08. The quantitative estimate of drug-likeness (QED) is 0.811. The smallest absolute Gasteiger partial charge is 0.223 e. The number of hydrogen-bond donors (Lipinski definition) is 1. The molecule has 0 aliphatic carbocycles. The van der Waals surface area contributed by atoms with Gasteiger partial charge in [-0.3, -0.25) is 4.79 Å². The number of ether oxygens (including phenoxy) is 1. The predicted octanol–water partition coefficient (Wildman–Crippen LogP) is 2.36. The molecule has 1 fully saturated rings. The largest absolute Gasteiger partial charge is 0.496 e. The molecule has 1 aliphatic heterocycles. The average molecular weight is 276 g/mol. The maximum absolute atomic E-state index is 12.4. The first kappa shape index (κ1) is 14.9. The van der Waals surface area contributed by atoms with Gasteiger partial charge in [0.15, 0.2) is 0 Å². The van der Waals surface area contributed by atoms with Crippen LogP contribution in [0.1, 0.15) is 37.3 Å². The van der Waals surface area contributed by atoms with Gasteiger partial charge in [-0.05, 0) is 38.9 Å². The van der Waals surface area contributed by atoms with Crippen LogP contribution in [0.25, 0.3) is 0 Å². The molecule has 1 aromatic rings. The van der Waals surface area contributed by atoms with Gasteiger partial charge in [-0.25, -0.2) is 0 Å². The van der Waals surface area contributed by atoms with Crippen LogP contribution in [-0.4, -0.2) is 38.1 Å². The number of para-hydroxylation sites is 1. The summed E-state index contributed by atoms with van der Waals surface area (Å²) in [5.74, 6) is 1.14. The lowest BCUT2D eigenvalue weighted by atomic mass is 10.0. The Morgan fingerprint density at radius 2 is 2.25 bits per heavy atom. The number of benzene rings is 1. The van der Waals surface area contributed by atoms with E-state index < -0.39 is 0 Å². The van der Waals surface area contributed by atoms with Gasteiger partial charge in [0.05, 0.1) is 13.2 Å². The number of hydrogen-bond acceptors (Lipinski definition) is 3. The fourth-order valence-electron chi connectivity index (χ4n) is 2.89. The zero-order valence-electron chi connectivity index (χ0n) is 12.4. The number of likely N-dealkylation sites (tertiary alicyclic amines) is 1.